The lowest BCUT2D eigenvalue weighted by Crippen LogP contribution is -2.19. The van der Waals surface area contributed by atoms with E-state index < -0.39 is 0 Å². The van der Waals surface area contributed by atoms with Crippen molar-refractivity contribution >= 4 is 17.6 Å². The third kappa shape index (κ3) is 3.99. The van der Waals surface area contributed by atoms with E-state index in [1.165, 1.54) is 0 Å². The Morgan fingerprint density at radius 1 is 1.12 bits per heavy atom. The van der Waals surface area contributed by atoms with Crippen LogP contribution in [0.15, 0.2) is 36.4 Å². The van der Waals surface area contributed by atoms with Gasteiger partial charge in [-0.15, -0.1) is 0 Å². The number of rotatable bonds is 5. The first kappa shape index (κ1) is 17.0. The Hall–Kier alpha value is -2.82. The molecule has 5 heteroatoms. The molecule has 1 heterocycles. The van der Waals surface area contributed by atoms with Gasteiger partial charge in [0.2, 0.25) is 5.91 Å². The number of ether oxygens (including phenoxy) is 2. The predicted molar refractivity (Wildman–Crippen MR) is 95.1 cm³/mol. The maximum absolute atomic E-state index is 12.1. The number of anilines is 1. The van der Waals surface area contributed by atoms with Gasteiger partial charge in [0.1, 0.15) is 19.0 Å². The minimum Gasteiger partial charge on any atom is -0.490 e. The summed E-state index contributed by atoms with van der Waals surface area (Å²) in [4.78, 5) is 23.5. The van der Waals surface area contributed by atoms with Gasteiger partial charge in [0.15, 0.2) is 0 Å². The van der Waals surface area contributed by atoms with Gasteiger partial charge in [-0.05, 0) is 61.2 Å². The number of carbonyl (C=O) groups excluding carboxylic acids is 2. The summed E-state index contributed by atoms with van der Waals surface area (Å²) in [7, 11) is 0. The molecule has 0 fully saturated rings. The lowest BCUT2D eigenvalue weighted by Gasteiger charge is -2.17. The zero-order chi connectivity index (χ0) is 17.8. The van der Waals surface area contributed by atoms with Crippen molar-refractivity contribution in [2.75, 3.05) is 18.5 Å². The van der Waals surface area contributed by atoms with Gasteiger partial charge in [-0.3, -0.25) is 4.79 Å². The second-order valence-corrected chi connectivity index (χ2v) is 6.10. The van der Waals surface area contributed by atoms with Crippen molar-refractivity contribution in [1.82, 2.24) is 0 Å². The molecular weight excluding hydrogens is 318 g/mol. The Morgan fingerprint density at radius 3 is 2.80 bits per heavy atom. The van der Waals surface area contributed by atoms with Gasteiger partial charge in [0.25, 0.3) is 0 Å². The molecule has 1 aliphatic rings. The quantitative estimate of drug-likeness (QED) is 0.670. The SMILES string of the molecule is Cc1cccc(C(=O)OCCOc2ccc3c(c2)CCC(=O)N3)c1C. The number of amides is 1. The van der Waals surface area contributed by atoms with Crippen LogP contribution < -0.4 is 10.1 Å². The summed E-state index contributed by atoms with van der Waals surface area (Å²) >= 11 is 0. The predicted octanol–water partition coefficient (Wildman–Crippen LogP) is 3.42. The van der Waals surface area contributed by atoms with Crippen molar-refractivity contribution in [3.8, 4) is 5.75 Å². The highest BCUT2D eigenvalue weighted by molar-refractivity contribution is 5.94. The topological polar surface area (TPSA) is 64.6 Å². The number of esters is 1. The average molecular weight is 339 g/mol. The highest BCUT2D eigenvalue weighted by Gasteiger charge is 2.15. The fraction of sp³-hybridized carbons (Fsp3) is 0.300. The lowest BCUT2D eigenvalue weighted by molar-refractivity contribution is -0.116. The molecular formula is C20H21NO4. The first-order valence-corrected chi connectivity index (χ1v) is 8.33. The van der Waals surface area contributed by atoms with E-state index in [1.54, 1.807) is 12.1 Å². The Morgan fingerprint density at radius 2 is 1.96 bits per heavy atom. The summed E-state index contributed by atoms with van der Waals surface area (Å²) in [6.07, 6.45) is 1.20. The largest absolute Gasteiger partial charge is 0.490 e. The summed E-state index contributed by atoms with van der Waals surface area (Å²) in [5.74, 6) is 0.412. The van der Waals surface area contributed by atoms with E-state index in [9.17, 15) is 9.59 Å². The summed E-state index contributed by atoms with van der Waals surface area (Å²) in [5, 5.41) is 2.83. The standard InChI is InChI=1S/C20H21NO4/c1-13-4-3-5-17(14(13)2)20(23)25-11-10-24-16-7-8-18-15(12-16)6-9-19(22)21-18/h3-5,7-8,12H,6,9-11H2,1-2H3,(H,21,22). The van der Waals surface area contributed by atoms with E-state index in [4.69, 9.17) is 9.47 Å². The smallest absolute Gasteiger partial charge is 0.338 e. The highest BCUT2D eigenvalue weighted by atomic mass is 16.6. The van der Waals surface area contributed by atoms with E-state index in [1.807, 2.05) is 38.1 Å². The Labute approximate surface area is 147 Å². The van der Waals surface area contributed by atoms with E-state index in [0.29, 0.717) is 24.2 Å². The van der Waals surface area contributed by atoms with Crippen LogP contribution in [0, 0.1) is 13.8 Å². The van der Waals surface area contributed by atoms with Crippen molar-refractivity contribution in [2.24, 2.45) is 0 Å². The molecule has 2 aromatic rings. The van der Waals surface area contributed by atoms with Crippen LogP contribution in [0.4, 0.5) is 5.69 Å². The molecule has 0 saturated carbocycles. The summed E-state index contributed by atoms with van der Waals surface area (Å²) in [5.41, 5.74) is 4.48. The molecule has 0 bridgehead atoms. The van der Waals surface area contributed by atoms with E-state index in [0.717, 1.165) is 22.4 Å². The molecule has 0 radical (unpaired) electrons. The third-order valence-corrected chi connectivity index (χ3v) is 4.38. The normalized spacial score (nSPS) is 13.0. The second kappa shape index (κ2) is 7.38. The number of benzene rings is 2. The molecule has 0 aromatic heterocycles. The lowest BCUT2D eigenvalue weighted by atomic mass is 10.0. The number of nitrogens with one attached hydrogen (secondary N) is 1. The fourth-order valence-electron chi connectivity index (χ4n) is 2.79. The third-order valence-electron chi connectivity index (χ3n) is 4.38. The van der Waals surface area contributed by atoms with Crippen molar-refractivity contribution in [3.63, 3.8) is 0 Å². The van der Waals surface area contributed by atoms with E-state index >= 15 is 0 Å². The molecule has 5 nitrogen and oxygen atoms in total. The molecule has 1 amide bonds. The number of hydrogen-bond acceptors (Lipinski definition) is 4. The van der Waals surface area contributed by atoms with Crippen molar-refractivity contribution in [1.29, 1.82) is 0 Å². The number of aryl methyl sites for hydroxylation is 2. The van der Waals surface area contributed by atoms with Crippen LogP contribution in [0.5, 0.6) is 5.75 Å². The first-order valence-electron chi connectivity index (χ1n) is 8.33. The van der Waals surface area contributed by atoms with Gasteiger partial charge in [0, 0.05) is 12.1 Å². The van der Waals surface area contributed by atoms with Crippen LogP contribution in [0.2, 0.25) is 0 Å². The van der Waals surface area contributed by atoms with Gasteiger partial charge in [0.05, 0.1) is 5.56 Å². The van der Waals surface area contributed by atoms with E-state index in [-0.39, 0.29) is 25.1 Å². The molecule has 0 atom stereocenters. The summed E-state index contributed by atoms with van der Waals surface area (Å²) < 4.78 is 10.9. The Balaban J connectivity index is 1.51. The molecule has 0 saturated heterocycles. The molecule has 0 unspecified atom stereocenters. The van der Waals surface area contributed by atoms with Gasteiger partial charge in [-0.1, -0.05) is 12.1 Å². The van der Waals surface area contributed by atoms with Gasteiger partial charge in [-0.2, -0.15) is 0 Å². The van der Waals surface area contributed by atoms with Crippen LogP contribution >= 0.6 is 0 Å². The van der Waals surface area contributed by atoms with Crippen molar-refractivity contribution in [3.05, 3.63) is 58.7 Å². The van der Waals surface area contributed by atoms with Crippen LogP contribution in [0.25, 0.3) is 0 Å². The first-order chi connectivity index (χ1) is 12.0. The van der Waals surface area contributed by atoms with Gasteiger partial charge >= 0.3 is 5.97 Å². The van der Waals surface area contributed by atoms with Crippen LogP contribution in [0.1, 0.15) is 33.5 Å². The maximum atomic E-state index is 12.1. The molecule has 0 aliphatic carbocycles. The fourth-order valence-corrected chi connectivity index (χ4v) is 2.79. The van der Waals surface area contributed by atoms with Crippen LogP contribution in [0.3, 0.4) is 0 Å². The number of carbonyl (C=O) groups is 2. The molecule has 3 rings (SSSR count). The molecule has 25 heavy (non-hydrogen) atoms. The molecule has 130 valence electrons. The zero-order valence-corrected chi connectivity index (χ0v) is 14.4. The van der Waals surface area contributed by atoms with Gasteiger partial charge in [-0.25, -0.2) is 4.79 Å². The average Bonchev–Trinajstić information content (AvgIpc) is 2.61. The molecule has 2 aromatic carbocycles. The molecule has 0 spiro atoms. The number of fused-ring (bicyclic) bond motifs is 1. The monoisotopic (exact) mass is 339 g/mol. The van der Waals surface area contributed by atoms with Crippen LogP contribution in [-0.2, 0) is 16.0 Å². The van der Waals surface area contributed by atoms with E-state index in [2.05, 4.69) is 5.32 Å². The Bertz CT molecular complexity index is 813. The summed E-state index contributed by atoms with van der Waals surface area (Å²) in [6, 6.07) is 11.1. The highest BCUT2D eigenvalue weighted by Crippen LogP contribution is 2.26. The van der Waals surface area contributed by atoms with Gasteiger partial charge < -0.3 is 14.8 Å². The van der Waals surface area contributed by atoms with Crippen molar-refractivity contribution in [2.45, 2.75) is 26.7 Å². The molecule has 1 aliphatic heterocycles. The zero-order valence-electron chi connectivity index (χ0n) is 14.4. The van der Waals surface area contributed by atoms with Crippen molar-refractivity contribution < 1.29 is 19.1 Å². The molecule has 1 N–H and O–H groups in total. The maximum Gasteiger partial charge on any atom is 0.338 e. The minimum atomic E-state index is -0.335. The minimum absolute atomic E-state index is 0.0412. The summed E-state index contributed by atoms with van der Waals surface area (Å²) in [6.45, 7) is 4.34. The van der Waals surface area contributed by atoms with Crippen LogP contribution in [-0.4, -0.2) is 25.1 Å². The Kier molecular flexibility index (Phi) is 5.03. The second-order valence-electron chi connectivity index (χ2n) is 6.10. The number of hydrogen-bond donors (Lipinski definition) is 1.